The molecule has 1 N–H and O–H groups in total. The highest BCUT2D eigenvalue weighted by molar-refractivity contribution is 5.86. The number of pyridine rings is 1. The van der Waals surface area contributed by atoms with Crippen molar-refractivity contribution in [2.75, 3.05) is 13.1 Å². The number of fused-ring (bicyclic) bond motifs is 1. The number of aldehydes is 1. The minimum Gasteiger partial charge on any atom is -0.316 e. The van der Waals surface area contributed by atoms with Gasteiger partial charge in [-0.05, 0) is 36.6 Å². The van der Waals surface area contributed by atoms with Gasteiger partial charge in [-0.25, -0.2) is 4.52 Å². The van der Waals surface area contributed by atoms with Crippen LogP contribution in [0.2, 0.25) is 0 Å². The summed E-state index contributed by atoms with van der Waals surface area (Å²) in [4.78, 5) is 10.8. The molecule has 0 aliphatic carbocycles. The Labute approximate surface area is 105 Å². The summed E-state index contributed by atoms with van der Waals surface area (Å²) in [5.74, 6) is 0.569. The van der Waals surface area contributed by atoms with Gasteiger partial charge in [0.2, 0.25) is 0 Å². The van der Waals surface area contributed by atoms with Crippen LogP contribution in [0.1, 0.15) is 28.3 Å². The van der Waals surface area contributed by atoms with E-state index in [1.807, 2.05) is 6.20 Å². The summed E-state index contributed by atoms with van der Waals surface area (Å²) in [5, 5.41) is 7.48. The molecule has 1 aliphatic rings. The third-order valence-electron chi connectivity index (χ3n) is 3.23. The monoisotopic (exact) mass is 251 g/mol. The summed E-state index contributed by atoms with van der Waals surface area (Å²) in [5.41, 5.74) is 2.85. The fourth-order valence-electron chi connectivity index (χ4n) is 2.30. The molecule has 1 aliphatic heterocycles. The molecule has 3 rings (SSSR count). The lowest BCUT2D eigenvalue weighted by atomic mass is 9.99. The molecule has 1 unspecified atom stereocenters. The van der Waals surface area contributed by atoms with Crippen LogP contribution < -0.4 is 5.32 Å². The first-order valence-electron chi connectivity index (χ1n) is 5.51. The van der Waals surface area contributed by atoms with Crippen molar-refractivity contribution in [2.45, 2.75) is 12.3 Å². The number of rotatable bonds is 2. The first-order chi connectivity index (χ1) is 7.88. The second-order valence-corrected chi connectivity index (χ2v) is 4.20. The number of nitrogens with zero attached hydrogens (tertiary/aromatic N) is 2. The van der Waals surface area contributed by atoms with Crippen molar-refractivity contribution in [3.05, 3.63) is 35.7 Å². The topological polar surface area (TPSA) is 46.4 Å². The summed E-state index contributed by atoms with van der Waals surface area (Å²) >= 11 is 0. The van der Waals surface area contributed by atoms with Crippen LogP contribution in [0.3, 0.4) is 0 Å². The fraction of sp³-hybridized carbons (Fsp3) is 0.333. The Balaban J connectivity index is 0.00000108. The number of hydrogen-bond donors (Lipinski definition) is 1. The van der Waals surface area contributed by atoms with Gasteiger partial charge in [0.1, 0.15) is 0 Å². The highest BCUT2D eigenvalue weighted by Crippen LogP contribution is 2.23. The van der Waals surface area contributed by atoms with Gasteiger partial charge in [0.25, 0.3) is 0 Å². The van der Waals surface area contributed by atoms with Gasteiger partial charge in [0.15, 0.2) is 6.29 Å². The van der Waals surface area contributed by atoms with Gasteiger partial charge in [0.05, 0.1) is 17.3 Å². The van der Waals surface area contributed by atoms with E-state index in [9.17, 15) is 4.79 Å². The predicted octanol–water partition coefficient (Wildman–Crippen LogP) is 1.65. The van der Waals surface area contributed by atoms with Gasteiger partial charge in [-0.15, -0.1) is 12.4 Å². The molecule has 4 nitrogen and oxygen atoms in total. The van der Waals surface area contributed by atoms with Crippen LogP contribution in [0.4, 0.5) is 0 Å². The standard InChI is InChI=1S/C12H13N3O.ClH/c16-8-11-7-14-15-4-2-9(5-12(11)15)10-1-3-13-6-10;/h2,4-5,7-8,10,13H,1,3,6H2;1H. The van der Waals surface area contributed by atoms with Crippen molar-refractivity contribution in [2.24, 2.45) is 0 Å². The van der Waals surface area contributed by atoms with Gasteiger partial charge < -0.3 is 5.32 Å². The Morgan fingerprint density at radius 1 is 1.53 bits per heavy atom. The molecule has 1 saturated heterocycles. The average Bonchev–Trinajstić information content (AvgIpc) is 2.97. The van der Waals surface area contributed by atoms with E-state index >= 15 is 0 Å². The summed E-state index contributed by atoms with van der Waals surface area (Å²) in [6.07, 6.45) is 5.56. The van der Waals surface area contributed by atoms with Crippen molar-refractivity contribution < 1.29 is 4.79 Å². The van der Waals surface area contributed by atoms with Crippen LogP contribution in [0, 0.1) is 0 Å². The van der Waals surface area contributed by atoms with Gasteiger partial charge in [-0.1, -0.05) is 0 Å². The smallest absolute Gasteiger partial charge is 0.153 e. The number of aromatic nitrogens is 2. The summed E-state index contributed by atoms with van der Waals surface area (Å²) in [6, 6.07) is 4.17. The fourth-order valence-corrected chi connectivity index (χ4v) is 2.30. The maximum absolute atomic E-state index is 10.8. The van der Waals surface area contributed by atoms with Crippen molar-refractivity contribution in [1.29, 1.82) is 0 Å². The van der Waals surface area contributed by atoms with E-state index in [0.29, 0.717) is 11.5 Å². The van der Waals surface area contributed by atoms with E-state index in [-0.39, 0.29) is 12.4 Å². The van der Waals surface area contributed by atoms with E-state index in [4.69, 9.17) is 0 Å². The molecule has 90 valence electrons. The van der Waals surface area contributed by atoms with E-state index < -0.39 is 0 Å². The van der Waals surface area contributed by atoms with Gasteiger partial charge in [-0.3, -0.25) is 4.79 Å². The minimum absolute atomic E-state index is 0. The maximum Gasteiger partial charge on any atom is 0.153 e. The van der Waals surface area contributed by atoms with Crippen LogP contribution in [0.25, 0.3) is 5.52 Å². The van der Waals surface area contributed by atoms with E-state index in [1.165, 1.54) is 12.0 Å². The number of halogens is 1. The molecule has 0 bridgehead atoms. The Morgan fingerprint density at radius 2 is 2.41 bits per heavy atom. The molecule has 0 amide bonds. The molecule has 1 atom stereocenters. The highest BCUT2D eigenvalue weighted by atomic mass is 35.5. The normalized spacial score (nSPS) is 19.2. The molecule has 2 aromatic rings. The zero-order chi connectivity index (χ0) is 11.0. The third kappa shape index (κ3) is 2.06. The Hall–Kier alpha value is -1.39. The van der Waals surface area contributed by atoms with Crippen molar-refractivity contribution >= 4 is 24.2 Å². The average molecular weight is 252 g/mol. The largest absolute Gasteiger partial charge is 0.316 e. The lowest BCUT2D eigenvalue weighted by molar-refractivity contribution is 0.112. The van der Waals surface area contributed by atoms with Gasteiger partial charge in [0, 0.05) is 12.7 Å². The Morgan fingerprint density at radius 3 is 3.12 bits per heavy atom. The third-order valence-corrected chi connectivity index (χ3v) is 3.23. The van der Waals surface area contributed by atoms with Crippen LogP contribution in [0.5, 0.6) is 0 Å². The SMILES string of the molecule is Cl.O=Cc1cnn2ccc(C3CCNC3)cc12. The van der Waals surface area contributed by atoms with Crippen LogP contribution in [-0.2, 0) is 0 Å². The second-order valence-electron chi connectivity index (χ2n) is 4.20. The zero-order valence-electron chi connectivity index (χ0n) is 9.30. The van der Waals surface area contributed by atoms with Crippen molar-refractivity contribution in [3.63, 3.8) is 0 Å². The zero-order valence-corrected chi connectivity index (χ0v) is 10.1. The number of nitrogens with one attached hydrogen (secondary N) is 1. The molecule has 0 saturated carbocycles. The summed E-state index contributed by atoms with van der Waals surface area (Å²) in [6.45, 7) is 2.11. The quantitative estimate of drug-likeness (QED) is 0.826. The van der Waals surface area contributed by atoms with E-state index in [2.05, 4.69) is 22.5 Å². The molecule has 1 fully saturated rings. The molecule has 0 radical (unpaired) electrons. The first-order valence-corrected chi connectivity index (χ1v) is 5.51. The van der Waals surface area contributed by atoms with Gasteiger partial charge >= 0.3 is 0 Å². The minimum atomic E-state index is 0. The predicted molar refractivity (Wildman–Crippen MR) is 68.1 cm³/mol. The van der Waals surface area contributed by atoms with E-state index in [0.717, 1.165) is 24.9 Å². The Bertz CT molecular complexity index is 532. The molecule has 2 aromatic heterocycles. The number of hydrogen-bond acceptors (Lipinski definition) is 3. The van der Waals surface area contributed by atoms with Crippen molar-refractivity contribution in [3.8, 4) is 0 Å². The molecule has 0 aromatic carbocycles. The maximum atomic E-state index is 10.8. The molecule has 0 spiro atoms. The number of carbonyl (C=O) groups excluding carboxylic acids is 1. The molecule has 3 heterocycles. The van der Waals surface area contributed by atoms with E-state index in [1.54, 1.807) is 10.7 Å². The second kappa shape index (κ2) is 4.85. The highest BCUT2D eigenvalue weighted by Gasteiger charge is 2.17. The molecular formula is C12H14ClN3O. The number of carbonyl (C=O) groups is 1. The molecular weight excluding hydrogens is 238 g/mol. The van der Waals surface area contributed by atoms with Crippen LogP contribution >= 0.6 is 12.4 Å². The van der Waals surface area contributed by atoms with Crippen LogP contribution in [-0.4, -0.2) is 29.0 Å². The summed E-state index contributed by atoms with van der Waals surface area (Å²) < 4.78 is 1.75. The summed E-state index contributed by atoms with van der Waals surface area (Å²) in [7, 11) is 0. The van der Waals surface area contributed by atoms with Gasteiger partial charge in [-0.2, -0.15) is 5.10 Å². The lowest BCUT2D eigenvalue weighted by Crippen LogP contribution is -2.08. The molecule has 5 heteroatoms. The Kier molecular flexibility index (Phi) is 3.45. The first kappa shape index (κ1) is 12.1. The van der Waals surface area contributed by atoms with Crippen molar-refractivity contribution in [1.82, 2.24) is 14.9 Å². The molecule has 17 heavy (non-hydrogen) atoms. The lowest BCUT2D eigenvalue weighted by Gasteiger charge is -2.08. The van der Waals surface area contributed by atoms with Crippen LogP contribution in [0.15, 0.2) is 24.5 Å².